The normalized spacial score (nSPS) is 10.2. The van der Waals surface area contributed by atoms with Crippen molar-refractivity contribution in [3.05, 3.63) is 89.5 Å². The molecule has 3 aromatic rings. The summed E-state index contributed by atoms with van der Waals surface area (Å²) >= 11 is 0. The van der Waals surface area contributed by atoms with Gasteiger partial charge in [0.05, 0.1) is 6.54 Å². The van der Waals surface area contributed by atoms with E-state index in [4.69, 9.17) is 4.74 Å². The van der Waals surface area contributed by atoms with Crippen LogP contribution in [0, 0.1) is 13.8 Å². The van der Waals surface area contributed by atoms with Crippen LogP contribution >= 0.6 is 0 Å². The molecule has 2 N–H and O–H groups in total. The third-order valence-electron chi connectivity index (χ3n) is 4.01. The Hall–Kier alpha value is -3.60. The average molecular weight is 374 g/mol. The van der Waals surface area contributed by atoms with Gasteiger partial charge in [-0.05, 0) is 62.4 Å². The summed E-state index contributed by atoms with van der Waals surface area (Å²) in [4.78, 5) is 24.3. The molecule has 3 aromatic carbocycles. The second-order valence-corrected chi connectivity index (χ2v) is 6.55. The number of para-hydroxylation sites is 1. The Kier molecular flexibility index (Phi) is 6.07. The fourth-order valence-corrected chi connectivity index (χ4v) is 2.80. The maximum Gasteiger partial charge on any atom is 0.251 e. The van der Waals surface area contributed by atoms with E-state index in [9.17, 15) is 9.59 Å². The first-order chi connectivity index (χ1) is 13.5. The fourth-order valence-electron chi connectivity index (χ4n) is 2.80. The van der Waals surface area contributed by atoms with E-state index in [0.717, 1.165) is 16.9 Å². The lowest BCUT2D eigenvalue weighted by atomic mass is 10.1. The van der Waals surface area contributed by atoms with Crippen LogP contribution in [0.5, 0.6) is 11.5 Å². The van der Waals surface area contributed by atoms with Crippen LogP contribution in [0.3, 0.4) is 0 Å². The summed E-state index contributed by atoms with van der Waals surface area (Å²) in [6.07, 6.45) is 0. The number of nitrogens with one attached hydrogen (secondary N) is 2. The molecular formula is C23H22N2O3. The number of amides is 2. The Morgan fingerprint density at radius 2 is 1.43 bits per heavy atom. The number of carbonyl (C=O) groups is 2. The summed E-state index contributed by atoms with van der Waals surface area (Å²) < 4.78 is 5.72. The Bertz CT molecular complexity index is 947. The number of aryl methyl sites for hydroxylation is 2. The second-order valence-electron chi connectivity index (χ2n) is 6.55. The van der Waals surface area contributed by atoms with Crippen molar-refractivity contribution in [3.8, 4) is 11.5 Å². The van der Waals surface area contributed by atoms with Gasteiger partial charge in [0.25, 0.3) is 5.91 Å². The molecule has 0 heterocycles. The van der Waals surface area contributed by atoms with Crippen LogP contribution in [-0.2, 0) is 4.79 Å². The number of rotatable bonds is 6. The van der Waals surface area contributed by atoms with Gasteiger partial charge < -0.3 is 15.4 Å². The molecule has 3 rings (SSSR count). The number of carbonyl (C=O) groups excluding carboxylic acids is 2. The molecule has 0 fully saturated rings. The van der Waals surface area contributed by atoms with Crippen molar-refractivity contribution >= 4 is 17.5 Å². The molecule has 2 amide bonds. The first kappa shape index (κ1) is 19.2. The topological polar surface area (TPSA) is 67.4 Å². The molecule has 0 spiro atoms. The van der Waals surface area contributed by atoms with Crippen LogP contribution in [0.4, 0.5) is 5.69 Å². The molecule has 142 valence electrons. The van der Waals surface area contributed by atoms with Crippen molar-refractivity contribution < 1.29 is 14.3 Å². The van der Waals surface area contributed by atoms with Gasteiger partial charge in [0.1, 0.15) is 11.5 Å². The molecule has 0 aromatic heterocycles. The first-order valence-electron chi connectivity index (χ1n) is 8.99. The highest BCUT2D eigenvalue weighted by Gasteiger charge is 2.09. The standard InChI is InChI=1S/C23H22N2O3/c1-16-12-17(2)14-18(13-16)23(27)24-15-22(26)25-19-8-10-21(11-9-19)28-20-6-4-3-5-7-20/h3-14H,15H2,1-2H3,(H,24,27)(H,25,26). The number of benzene rings is 3. The summed E-state index contributed by atoms with van der Waals surface area (Å²) in [5, 5.41) is 5.40. The van der Waals surface area contributed by atoms with E-state index in [2.05, 4.69) is 10.6 Å². The van der Waals surface area contributed by atoms with Gasteiger partial charge in [0.2, 0.25) is 5.91 Å². The third kappa shape index (κ3) is 5.45. The van der Waals surface area contributed by atoms with E-state index in [-0.39, 0.29) is 18.4 Å². The lowest BCUT2D eigenvalue weighted by Crippen LogP contribution is -2.32. The summed E-state index contributed by atoms with van der Waals surface area (Å²) in [6, 6.07) is 22.1. The van der Waals surface area contributed by atoms with Crippen molar-refractivity contribution in [1.29, 1.82) is 0 Å². The van der Waals surface area contributed by atoms with Gasteiger partial charge in [-0.3, -0.25) is 9.59 Å². The number of anilines is 1. The van der Waals surface area contributed by atoms with Crippen molar-refractivity contribution in [2.75, 3.05) is 11.9 Å². The van der Waals surface area contributed by atoms with Gasteiger partial charge in [0, 0.05) is 11.3 Å². The number of ether oxygens (including phenoxy) is 1. The van der Waals surface area contributed by atoms with Crippen LogP contribution in [0.25, 0.3) is 0 Å². The quantitative estimate of drug-likeness (QED) is 0.669. The molecule has 0 aliphatic heterocycles. The zero-order valence-electron chi connectivity index (χ0n) is 15.9. The maximum atomic E-state index is 12.2. The summed E-state index contributed by atoms with van der Waals surface area (Å²) in [7, 11) is 0. The van der Waals surface area contributed by atoms with E-state index in [1.807, 2.05) is 50.2 Å². The zero-order chi connectivity index (χ0) is 19.9. The second kappa shape index (κ2) is 8.86. The number of hydrogen-bond donors (Lipinski definition) is 2. The molecule has 0 atom stereocenters. The van der Waals surface area contributed by atoms with Crippen LogP contribution in [0.2, 0.25) is 0 Å². The minimum Gasteiger partial charge on any atom is -0.457 e. The maximum absolute atomic E-state index is 12.2. The lowest BCUT2D eigenvalue weighted by Gasteiger charge is -2.09. The highest BCUT2D eigenvalue weighted by atomic mass is 16.5. The summed E-state index contributed by atoms with van der Waals surface area (Å²) in [5.74, 6) is 0.851. The molecule has 0 unspecified atom stereocenters. The first-order valence-corrected chi connectivity index (χ1v) is 8.99. The number of hydrogen-bond acceptors (Lipinski definition) is 3. The van der Waals surface area contributed by atoms with Gasteiger partial charge in [0.15, 0.2) is 0 Å². The van der Waals surface area contributed by atoms with Crippen LogP contribution < -0.4 is 15.4 Å². The smallest absolute Gasteiger partial charge is 0.251 e. The Morgan fingerprint density at radius 1 is 0.821 bits per heavy atom. The fraction of sp³-hybridized carbons (Fsp3) is 0.130. The van der Waals surface area contributed by atoms with E-state index in [1.165, 1.54) is 0 Å². The van der Waals surface area contributed by atoms with E-state index >= 15 is 0 Å². The third-order valence-corrected chi connectivity index (χ3v) is 4.01. The molecule has 0 saturated carbocycles. The molecular weight excluding hydrogens is 352 g/mol. The highest BCUT2D eigenvalue weighted by molar-refractivity contribution is 5.99. The molecule has 5 heteroatoms. The lowest BCUT2D eigenvalue weighted by molar-refractivity contribution is -0.115. The predicted molar refractivity (Wildman–Crippen MR) is 110 cm³/mol. The van der Waals surface area contributed by atoms with E-state index in [0.29, 0.717) is 17.0 Å². The SMILES string of the molecule is Cc1cc(C)cc(C(=O)NCC(=O)Nc2ccc(Oc3ccccc3)cc2)c1. The van der Waals surface area contributed by atoms with Crippen molar-refractivity contribution in [1.82, 2.24) is 5.32 Å². The molecule has 0 saturated heterocycles. The van der Waals surface area contributed by atoms with E-state index < -0.39 is 0 Å². The predicted octanol–water partition coefficient (Wildman–Crippen LogP) is 4.46. The summed E-state index contributed by atoms with van der Waals surface area (Å²) in [6.45, 7) is 3.76. The largest absolute Gasteiger partial charge is 0.457 e. The van der Waals surface area contributed by atoms with Crippen molar-refractivity contribution in [2.24, 2.45) is 0 Å². The van der Waals surface area contributed by atoms with Gasteiger partial charge in [-0.1, -0.05) is 35.4 Å². The summed E-state index contributed by atoms with van der Waals surface area (Å²) in [5.41, 5.74) is 3.19. The molecule has 5 nitrogen and oxygen atoms in total. The molecule has 28 heavy (non-hydrogen) atoms. The van der Waals surface area contributed by atoms with Gasteiger partial charge in [-0.15, -0.1) is 0 Å². The molecule has 0 aliphatic rings. The molecule has 0 aliphatic carbocycles. The molecule has 0 bridgehead atoms. The molecule has 0 radical (unpaired) electrons. The van der Waals surface area contributed by atoms with Crippen LogP contribution in [0.15, 0.2) is 72.8 Å². The Morgan fingerprint density at radius 3 is 2.07 bits per heavy atom. The average Bonchev–Trinajstić information content (AvgIpc) is 2.68. The van der Waals surface area contributed by atoms with Gasteiger partial charge in [-0.2, -0.15) is 0 Å². The van der Waals surface area contributed by atoms with Crippen molar-refractivity contribution in [3.63, 3.8) is 0 Å². The highest BCUT2D eigenvalue weighted by Crippen LogP contribution is 2.22. The van der Waals surface area contributed by atoms with Crippen LogP contribution in [-0.4, -0.2) is 18.4 Å². The van der Waals surface area contributed by atoms with Gasteiger partial charge >= 0.3 is 0 Å². The van der Waals surface area contributed by atoms with E-state index in [1.54, 1.807) is 36.4 Å². The van der Waals surface area contributed by atoms with Gasteiger partial charge in [-0.25, -0.2) is 0 Å². The van der Waals surface area contributed by atoms with Crippen molar-refractivity contribution in [2.45, 2.75) is 13.8 Å². The minimum absolute atomic E-state index is 0.103. The zero-order valence-corrected chi connectivity index (χ0v) is 15.9. The monoisotopic (exact) mass is 374 g/mol. The van der Waals surface area contributed by atoms with Crippen LogP contribution in [0.1, 0.15) is 21.5 Å². The Balaban J connectivity index is 1.51. The minimum atomic E-state index is -0.297. The Labute approximate surface area is 164 Å².